The van der Waals surface area contributed by atoms with Crippen molar-refractivity contribution in [3.05, 3.63) is 59.7 Å². The Labute approximate surface area is 156 Å². The number of nitriles is 1. The van der Waals surface area contributed by atoms with Crippen LogP contribution in [-0.2, 0) is 14.3 Å². The van der Waals surface area contributed by atoms with Crippen LogP contribution in [0.5, 0.6) is 5.75 Å². The van der Waals surface area contributed by atoms with Gasteiger partial charge in [-0.25, -0.2) is 4.79 Å². The smallest absolute Gasteiger partial charge is 0.347 e. The number of anilines is 1. The summed E-state index contributed by atoms with van der Waals surface area (Å²) >= 11 is 0. The lowest BCUT2D eigenvalue weighted by Gasteiger charge is -2.14. The lowest BCUT2D eigenvalue weighted by Crippen LogP contribution is -2.30. The van der Waals surface area contributed by atoms with Crippen LogP contribution in [0.3, 0.4) is 0 Å². The number of esters is 1. The van der Waals surface area contributed by atoms with E-state index in [1.165, 1.54) is 13.8 Å². The summed E-state index contributed by atoms with van der Waals surface area (Å²) in [6.07, 6.45) is -0.935. The highest BCUT2D eigenvalue weighted by atomic mass is 16.6. The minimum absolute atomic E-state index is 0.188. The number of ketones is 1. The molecule has 1 atom stereocenters. The number of nitrogens with one attached hydrogen (secondary N) is 1. The second-order valence-corrected chi connectivity index (χ2v) is 5.65. The van der Waals surface area contributed by atoms with Gasteiger partial charge in [-0.05, 0) is 50.2 Å². The summed E-state index contributed by atoms with van der Waals surface area (Å²) in [4.78, 5) is 35.5. The van der Waals surface area contributed by atoms with Gasteiger partial charge >= 0.3 is 5.97 Å². The largest absolute Gasteiger partial charge is 0.479 e. The standard InChI is InChI=1S/C20H18N2O5/c1-13(23)17-5-3-4-6-18(17)22-19(24)12-26-20(25)14(2)27-16-9-7-15(11-21)8-10-16/h3-10,14H,12H2,1-2H3,(H,22,24)/t14-/m1/s1. The highest BCUT2D eigenvalue weighted by Crippen LogP contribution is 2.16. The monoisotopic (exact) mass is 366 g/mol. The number of Topliss-reactive ketones (excluding diaryl/α,β-unsaturated/α-hetero) is 1. The van der Waals surface area contributed by atoms with Gasteiger partial charge in [-0.1, -0.05) is 12.1 Å². The first-order chi connectivity index (χ1) is 12.9. The van der Waals surface area contributed by atoms with E-state index in [1.807, 2.05) is 6.07 Å². The van der Waals surface area contributed by atoms with Gasteiger partial charge in [0.15, 0.2) is 18.5 Å². The van der Waals surface area contributed by atoms with E-state index in [9.17, 15) is 14.4 Å². The van der Waals surface area contributed by atoms with Crippen LogP contribution in [0, 0.1) is 11.3 Å². The molecule has 0 heterocycles. The van der Waals surface area contributed by atoms with Gasteiger partial charge in [0.1, 0.15) is 5.75 Å². The van der Waals surface area contributed by atoms with Crippen molar-refractivity contribution in [3.63, 3.8) is 0 Å². The Hall–Kier alpha value is -3.66. The van der Waals surface area contributed by atoms with E-state index in [1.54, 1.807) is 48.5 Å². The van der Waals surface area contributed by atoms with Gasteiger partial charge in [-0.2, -0.15) is 5.26 Å². The van der Waals surface area contributed by atoms with E-state index in [0.29, 0.717) is 22.6 Å². The minimum Gasteiger partial charge on any atom is -0.479 e. The number of para-hydroxylation sites is 1. The van der Waals surface area contributed by atoms with Gasteiger partial charge < -0.3 is 14.8 Å². The first-order valence-corrected chi connectivity index (χ1v) is 8.14. The maximum atomic E-state index is 12.0. The quantitative estimate of drug-likeness (QED) is 0.597. The number of rotatable bonds is 7. The van der Waals surface area contributed by atoms with Crippen molar-refractivity contribution in [3.8, 4) is 11.8 Å². The molecule has 27 heavy (non-hydrogen) atoms. The van der Waals surface area contributed by atoms with Crippen LogP contribution in [0.4, 0.5) is 5.69 Å². The Morgan fingerprint density at radius 3 is 2.41 bits per heavy atom. The lowest BCUT2D eigenvalue weighted by molar-refractivity contribution is -0.153. The van der Waals surface area contributed by atoms with Crippen molar-refractivity contribution in [1.29, 1.82) is 5.26 Å². The van der Waals surface area contributed by atoms with Crippen molar-refractivity contribution < 1.29 is 23.9 Å². The zero-order valence-corrected chi connectivity index (χ0v) is 14.9. The van der Waals surface area contributed by atoms with Gasteiger partial charge in [0.05, 0.1) is 17.3 Å². The van der Waals surface area contributed by atoms with Crippen LogP contribution in [-0.4, -0.2) is 30.4 Å². The highest BCUT2D eigenvalue weighted by Gasteiger charge is 2.18. The third-order valence-corrected chi connectivity index (χ3v) is 3.55. The molecular weight excluding hydrogens is 348 g/mol. The van der Waals surface area contributed by atoms with Crippen molar-refractivity contribution >= 4 is 23.3 Å². The molecule has 0 aromatic heterocycles. The van der Waals surface area contributed by atoms with E-state index >= 15 is 0 Å². The minimum atomic E-state index is -0.935. The number of nitrogens with zero attached hydrogens (tertiary/aromatic N) is 1. The fourth-order valence-corrected chi connectivity index (χ4v) is 2.20. The van der Waals surface area contributed by atoms with E-state index in [2.05, 4.69) is 5.32 Å². The molecule has 2 rings (SSSR count). The molecule has 7 heteroatoms. The summed E-state index contributed by atoms with van der Waals surface area (Å²) in [5.74, 6) is -1.07. The summed E-state index contributed by atoms with van der Waals surface area (Å²) in [5, 5.41) is 11.3. The number of hydrogen-bond acceptors (Lipinski definition) is 6. The Balaban J connectivity index is 1.86. The van der Waals surface area contributed by atoms with Crippen LogP contribution >= 0.6 is 0 Å². The molecule has 0 aliphatic heterocycles. The zero-order valence-electron chi connectivity index (χ0n) is 14.9. The molecule has 0 bridgehead atoms. The molecule has 2 aromatic rings. The summed E-state index contributed by atoms with van der Waals surface area (Å²) in [6, 6.07) is 14.8. The second-order valence-electron chi connectivity index (χ2n) is 5.65. The highest BCUT2D eigenvalue weighted by molar-refractivity contribution is 6.04. The predicted octanol–water partition coefficient (Wildman–Crippen LogP) is 2.71. The van der Waals surface area contributed by atoms with E-state index in [0.717, 1.165) is 0 Å². The fraction of sp³-hybridized carbons (Fsp3) is 0.200. The summed E-state index contributed by atoms with van der Waals surface area (Å²) < 4.78 is 10.4. The molecule has 0 spiro atoms. The number of carbonyl (C=O) groups is 3. The molecular formula is C20H18N2O5. The van der Waals surface area contributed by atoms with Crippen molar-refractivity contribution in [1.82, 2.24) is 0 Å². The molecule has 0 radical (unpaired) electrons. The summed E-state index contributed by atoms with van der Waals surface area (Å²) in [6.45, 7) is 2.38. The third kappa shape index (κ3) is 5.68. The molecule has 138 valence electrons. The van der Waals surface area contributed by atoms with Crippen LogP contribution in [0.25, 0.3) is 0 Å². The number of hydrogen-bond donors (Lipinski definition) is 1. The fourth-order valence-electron chi connectivity index (χ4n) is 2.20. The first-order valence-electron chi connectivity index (χ1n) is 8.14. The number of amides is 1. The molecule has 0 saturated carbocycles. The normalized spacial score (nSPS) is 11.0. The first kappa shape index (κ1) is 19.7. The average molecular weight is 366 g/mol. The second kappa shape index (κ2) is 9.15. The van der Waals surface area contributed by atoms with E-state index in [-0.39, 0.29) is 5.78 Å². The zero-order chi connectivity index (χ0) is 19.8. The van der Waals surface area contributed by atoms with Crippen LogP contribution in [0.2, 0.25) is 0 Å². The third-order valence-electron chi connectivity index (χ3n) is 3.55. The van der Waals surface area contributed by atoms with Crippen molar-refractivity contribution in [2.45, 2.75) is 20.0 Å². The number of carbonyl (C=O) groups excluding carboxylic acids is 3. The Morgan fingerprint density at radius 1 is 1.11 bits per heavy atom. The molecule has 1 amide bonds. The van der Waals surface area contributed by atoms with Gasteiger partial charge in [0.2, 0.25) is 0 Å². The molecule has 1 N–H and O–H groups in total. The van der Waals surface area contributed by atoms with E-state index in [4.69, 9.17) is 14.7 Å². The van der Waals surface area contributed by atoms with Gasteiger partial charge in [-0.3, -0.25) is 9.59 Å². The molecule has 7 nitrogen and oxygen atoms in total. The summed E-state index contributed by atoms with van der Waals surface area (Å²) in [5.41, 5.74) is 1.20. The summed E-state index contributed by atoms with van der Waals surface area (Å²) in [7, 11) is 0. The van der Waals surface area contributed by atoms with Crippen LogP contribution in [0.15, 0.2) is 48.5 Å². The van der Waals surface area contributed by atoms with Crippen molar-refractivity contribution in [2.75, 3.05) is 11.9 Å². The molecule has 0 saturated heterocycles. The molecule has 2 aromatic carbocycles. The van der Waals surface area contributed by atoms with E-state index < -0.39 is 24.6 Å². The molecule has 0 fully saturated rings. The predicted molar refractivity (Wildman–Crippen MR) is 97.3 cm³/mol. The Kier molecular flexibility index (Phi) is 6.67. The molecule has 0 aliphatic rings. The van der Waals surface area contributed by atoms with Gasteiger partial charge in [0, 0.05) is 5.56 Å². The topological polar surface area (TPSA) is 105 Å². The average Bonchev–Trinajstić information content (AvgIpc) is 2.66. The van der Waals surface area contributed by atoms with Crippen LogP contribution in [0.1, 0.15) is 29.8 Å². The van der Waals surface area contributed by atoms with Crippen molar-refractivity contribution in [2.24, 2.45) is 0 Å². The number of benzene rings is 2. The Bertz CT molecular complexity index is 884. The molecule has 0 aliphatic carbocycles. The SMILES string of the molecule is CC(=O)c1ccccc1NC(=O)COC(=O)[C@@H](C)Oc1ccc(C#N)cc1. The maximum Gasteiger partial charge on any atom is 0.347 e. The van der Waals surface area contributed by atoms with Gasteiger partial charge in [0.25, 0.3) is 5.91 Å². The lowest BCUT2D eigenvalue weighted by atomic mass is 10.1. The van der Waals surface area contributed by atoms with Gasteiger partial charge in [-0.15, -0.1) is 0 Å². The Morgan fingerprint density at radius 2 is 1.78 bits per heavy atom. The molecule has 0 unspecified atom stereocenters. The van der Waals surface area contributed by atoms with Crippen LogP contribution < -0.4 is 10.1 Å². The number of ether oxygens (including phenoxy) is 2. The maximum absolute atomic E-state index is 12.0.